The molecule has 2 nitrogen and oxygen atoms in total. The molecule has 0 N–H and O–H groups in total. The lowest BCUT2D eigenvalue weighted by Crippen LogP contribution is -1.83. The van der Waals surface area contributed by atoms with E-state index >= 15 is 0 Å². The summed E-state index contributed by atoms with van der Waals surface area (Å²) in [6.45, 7) is 1.94. The van der Waals surface area contributed by atoms with Crippen molar-refractivity contribution >= 4 is 11.8 Å². The number of nitrogens with zero attached hydrogens (tertiary/aromatic N) is 1. The quantitative estimate of drug-likeness (QED) is 0.656. The van der Waals surface area contributed by atoms with Crippen LogP contribution in [0.15, 0.2) is 65.2 Å². The van der Waals surface area contributed by atoms with E-state index in [2.05, 4.69) is 53.7 Å². The third-order valence-corrected chi connectivity index (χ3v) is 4.28. The van der Waals surface area contributed by atoms with Crippen LogP contribution in [0.3, 0.4) is 0 Å². The van der Waals surface area contributed by atoms with Gasteiger partial charge in [-0.3, -0.25) is 0 Å². The highest BCUT2D eigenvalue weighted by atomic mass is 32.2. The first-order valence-corrected chi connectivity index (χ1v) is 8.11. The first-order chi connectivity index (χ1) is 10.3. The van der Waals surface area contributed by atoms with Gasteiger partial charge in [-0.2, -0.15) is 0 Å². The number of hydrogen-bond donors (Lipinski definition) is 0. The third kappa shape index (κ3) is 3.76. The molecule has 0 saturated carbocycles. The molecule has 0 radical (unpaired) electrons. The Labute approximate surface area is 129 Å². The second-order valence-corrected chi connectivity index (χ2v) is 5.98. The van der Waals surface area contributed by atoms with Crippen molar-refractivity contribution in [3.63, 3.8) is 0 Å². The summed E-state index contributed by atoms with van der Waals surface area (Å²) >= 11 is 1.84. The lowest BCUT2D eigenvalue weighted by molar-refractivity contribution is 0.391. The SMILES string of the molecule is Cc1cc(CSCc2ccc(-c3ccccc3)cc2)on1. The number of benzene rings is 2. The maximum atomic E-state index is 5.21. The molecule has 1 heterocycles. The van der Waals surface area contributed by atoms with E-state index in [-0.39, 0.29) is 0 Å². The van der Waals surface area contributed by atoms with Gasteiger partial charge in [0, 0.05) is 11.8 Å². The van der Waals surface area contributed by atoms with Crippen LogP contribution in [-0.2, 0) is 11.5 Å². The molecular formula is C18H17NOS. The van der Waals surface area contributed by atoms with Gasteiger partial charge in [-0.15, -0.1) is 11.8 Å². The maximum absolute atomic E-state index is 5.21. The van der Waals surface area contributed by atoms with Crippen LogP contribution < -0.4 is 0 Å². The van der Waals surface area contributed by atoms with Gasteiger partial charge in [0.2, 0.25) is 0 Å². The third-order valence-electron chi connectivity index (χ3n) is 3.25. The van der Waals surface area contributed by atoms with Crippen molar-refractivity contribution in [3.05, 3.63) is 77.7 Å². The first kappa shape index (κ1) is 14.0. The van der Waals surface area contributed by atoms with Crippen LogP contribution in [0.1, 0.15) is 17.0 Å². The second-order valence-electron chi connectivity index (χ2n) is 4.99. The van der Waals surface area contributed by atoms with Gasteiger partial charge in [0.05, 0.1) is 11.4 Å². The summed E-state index contributed by atoms with van der Waals surface area (Å²) < 4.78 is 5.21. The van der Waals surface area contributed by atoms with Crippen LogP contribution in [0, 0.1) is 6.92 Å². The summed E-state index contributed by atoms with van der Waals surface area (Å²) in [4.78, 5) is 0. The molecule has 0 aliphatic carbocycles. The fourth-order valence-electron chi connectivity index (χ4n) is 2.18. The molecule has 1 aromatic heterocycles. The molecule has 0 unspecified atom stereocenters. The molecule has 0 aliphatic rings. The minimum atomic E-state index is 0.862. The fraction of sp³-hybridized carbons (Fsp3) is 0.167. The topological polar surface area (TPSA) is 26.0 Å². The zero-order valence-electron chi connectivity index (χ0n) is 12.0. The van der Waals surface area contributed by atoms with E-state index in [4.69, 9.17) is 4.52 Å². The van der Waals surface area contributed by atoms with Gasteiger partial charge in [0.1, 0.15) is 5.76 Å². The van der Waals surface area contributed by atoms with Crippen molar-refractivity contribution in [2.45, 2.75) is 18.4 Å². The van der Waals surface area contributed by atoms with Crippen molar-refractivity contribution in [1.82, 2.24) is 5.16 Å². The summed E-state index contributed by atoms with van der Waals surface area (Å²) in [7, 11) is 0. The Morgan fingerprint density at radius 2 is 1.62 bits per heavy atom. The Morgan fingerprint density at radius 1 is 0.905 bits per heavy atom. The van der Waals surface area contributed by atoms with Gasteiger partial charge in [-0.25, -0.2) is 0 Å². The van der Waals surface area contributed by atoms with E-state index in [0.717, 1.165) is 23.0 Å². The van der Waals surface area contributed by atoms with Crippen LogP contribution in [-0.4, -0.2) is 5.16 Å². The minimum absolute atomic E-state index is 0.862. The second kappa shape index (κ2) is 6.64. The van der Waals surface area contributed by atoms with E-state index < -0.39 is 0 Å². The predicted molar refractivity (Wildman–Crippen MR) is 88.1 cm³/mol. The van der Waals surface area contributed by atoms with E-state index in [9.17, 15) is 0 Å². The van der Waals surface area contributed by atoms with Gasteiger partial charge in [-0.1, -0.05) is 59.8 Å². The molecule has 0 aliphatic heterocycles. The molecular weight excluding hydrogens is 278 g/mol. The van der Waals surface area contributed by atoms with Gasteiger partial charge >= 0.3 is 0 Å². The standard InChI is InChI=1S/C18H17NOS/c1-14-11-18(20-19-14)13-21-12-15-7-9-17(10-8-15)16-5-3-2-4-6-16/h2-11H,12-13H2,1H3. The molecule has 0 spiro atoms. The van der Waals surface area contributed by atoms with Crippen LogP contribution in [0.5, 0.6) is 0 Å². The molecule has 0 atom stereocenters. The normalized spacial score (nSPS) is 10.7. The Balaban J connectivity index is 1.57. The average Bonchev–Trinajstić information content (AvgIpc) is 2.94. The Bertz CT molecular complexity index is 689. The molecule has 0 amide bonds. The van der Waals surface area contributed by atoms with Gasteiger partial charge < -0.3 is 4.52 Å². The molecule has 0 bridgehead atoms. The number of aryl methyl sites for hydroxylation is 1. The minimum Gasteiger partial charge on any atom is -0.360 e. The highest BCUT2D eigenvalue weighted by Gasteiger charge is 2.02. The van der Waals surface area contributed by atoms with E-state index in [1.807, 2.05) is 30.8 Å². The van der Waals surface area contributed by atoms with Gasteiger partial charge in [0.25, 0.3) is 0 Å². The van der Waals surface area contributed by atoms with Gasteiger partial charge in [-0.05, 0) is 23.6 Å². The lowest BCUT2D eigenvalue weighted by Gasteiger charge is -2.04. The van der Waals surface area contributed by atoms with Crippen molar-refractivity contribution in [2.75, 3.05) is 0 Å². The largest absolute Gasteiger partial charge is 0.360 e. The molecule has 2 aromatic carbocycles. The first-order valence-electron chi connectivity index (χ1n) is 6.95. The molecule has 0 fully saturated rings. The zero-order chi connectivity index (χ0) is 14.5. The van der Waals surface area contributed by atoms with Crippen molar-refractivity contribution in [1.29, 1.82) is 0 Å². The van der Waals surface area contributed by atoms with Crippen molar-refractivity contribution in [2.24, 2.45) is 0 Å². The number of hydrogen-bond acceptors (Lipinski definition) is 3. The highest BCUT2D eigenvalue weighted by Crippen LogP contribution is 2.22. The summed E-state index contributed by atoms with van der Waals surface area (Å²) in [5.74, 6) is 2.79. The molecule has 3 aromatic rings. The van der Waals surface area contributed by atoms with Crippen LogP contribution >= 0.6 is 11.8 Å². The lowest BCUT2D eigenvalue weighted by atomic mass is 10.0. The Kier molecular flexibility index (Phi) is 4.41. The summed E-state index contributed by atoms with van der Waals surface area (Å²) in [6, 6.07) is 21.2. The maximum Gasteiger partial charge on any atom is 0.146 e. The van der Waals surface area contributed by atoms with E-state index in [1.165, 1.54) is 16.7 Å². The Hall–Kier alpha value is -2.00. The summed E-state index contributed by atoms with van der Waals surface area (Å²) in [5.41, 5.74) is 4.79. The van der Waals surface area contributed by atoms with E-state index in [1.54, 1.807) is 0 Å². The van der Waals surface area contributed by atoms with Crippen LogP contribution in [0.2, 0.25) is 0 Å². The summed E-state index contributed by atoms with van der Waals surface area (Å²) in [6.07, 6.45) is 0. The van der Waals surface area contributed by atoms with Crippen molar-refractivity contribution in [3.8, 4) is 11.1 Å². The molecule has 106 valence electrons. The number of aromatic nitrogens is 1. The zero-order valence-corrected chi connectivity index (χ0v) is 12.8. The predicted octanol–water partition coefficient (Wildman–Crippen LogP) is 5.08. The number of rotatable bonds is 5. The molecule has 3 heteroatoms. The highest BCUT2D eigenvalue weighted by molar-refractivity contribution is 7.97. The van der Waals surface area contributed by atoms with Crippen molar-refractivity contribution < 1.29 is 4.52 Å². The van der Waals surface area contributed by atoms with Gasteiger partial charge in [0.15, 0.2) is 0 Å². The monoisotopic (exact) mass is 295 g/mol. The Morgan fingerprint density at radius 3 is 2.29 bits per heavy atom. The van der Waals surface area contributed by atoms with Crippen LogP contribution in [0.25, 0.3) is 11.1 Å². The van der Waals surface area contributed by atoms with Crippen LogP contribution in [0.4, 0.5) is 0 Å². The summed E-state index contributed by atoms with van der Waals surface area (Å²) in [5, 5.41) is 3.90. The van der Waals surface area contributed by atoms with E-state index in [0.29, 0.717) is 0 Å². The molecule has 3 rings (SSSR count). The fourth-order valence-corrected chi connectivity index (χ4v) is 3.05. The number of thioether (sulfide) groups is 1. The molecule has 0 saturated heterocycles. The smallest absolute Gasteiger partial charge is 0.146 e. The average molecular weight is 295 g/mol. The molecule has 21 heavy (non-hydrogen) atoms.